The van der Waals surface area contributed by atoms with Gasteiger partial charge in [0, 0.05) is 31.1 Å². The van der Waals surface area contributed by atoms with E-state index in [-0.39, 0.29) is 12.0 Å². The Morgan fingerprint density at radius 1 is 1.06 bits per heavy atom. The number of nitrogens with zero attached hydrogens (tertiary/aromatic N) is 4. The summed E-state index contributed by atoms with van der Waals surface area (Å²) in [4.78, 5) is 19.3. The number of aryl methyl sites for hydroxylation is 1. The third-order valence-electron chi connectivity index (χ3n) is 5.09. The van der Waals surface area contributed by atoms with Gasteiger partial charge in [-0.2, -0.15) is 4.91 Å². The Morgan fingerprint density at radius 3 is 2.65 bits per heavy atom. The van der Waals surface area contributed by atoms with Crippen LogP contribution in [0.5, 0.6) is 11.5 Å². The number of benzene rings is 2. The number of hydrogen-bond acceptors (Lipinski definition) is 6. The molecule has 0 saturated heterocycles. The molecule has 7 heteroatoms. The topological polar surface area (TPSA) is 81.4 Å². The molecule has 0 atom stereocenters. The number of rotatable bonds is 6. The monoisotopic (exact) mass is 415 g/mol. The summed E-state index contributed by atoms with van der Waals surface area (Å²) in [5, 5.41) is 6.30. The number of pyridine rings is 1. The molecule has 0 aliphatic heterocycles. The fourth-order valence-corrected chi connectivity index (χ4v) is 3.36. The van der Waals surface area contributed by atoms with Gasteiger partial charge in [0.2, 0.25) is 5.95 Å². The SMILES string of the molecule is Cn1c(Nc2cccc(C(C)(C)C)c2)nc2cc(Oc3ccnc(CN=O)c3)ccc21. The molecule has 0 radical (unpaired) electrons. The number of nitroso groups, excluding NO2 is 1. The van der Waals surface area contributed by atoms with Crippen LogP contribution in [0.1, 0.15) is 32.0 Å². The van der Waals surface area contributed by atoms with Gasteiger partial charge in [-0.1, -0.05) is 38.1 Å². The van der Waals surface area contributed by atoms with Crippen LogP contribution in [-0.2, 0) is 19.0 Å². The Kier molecular flexibility index (Phi) is 5.42. The van der Waals surface area contributed by atoms with Crippen molar-refractivity contribution in [1.82, 2.24) is 14.5 Å². The summed E-state index contributed by atoms with van der Waals surface area (Å²) in [7, 11) is 1.98. The van der Waals surface area contributed by atoms with Crippen molar-refractivity contribution in [2.45, 2.75) is 32.7 Å². The standard InChI is InChI=1S/C24H25N5O2/c1-24(2,3)16-6-5-7-17(12-16)27-23-28-21-14-19(8-9-22(21)29(23)4)31-20-10-11-25-18(13-20)15-26-30/h5-14H,15H2,1-4H3,(H,27,28). The van der Waals surface area contributed by atoms with Gasteiger partial charge in [0.25, 0.3) is 0 Å². The zero-order valence-electron chi connectivity index (χ0n) is 18.1. The number of nitrogens with one attached hydrogen (secondary N) is 1. The minimum Gasteiger partial charge on any atom is -0.457 e. The van der Waals surface area contributed by atoms with E-state index in [2.05, 4.69) is 54.4 Å². The van der Waals surface area contributed by atoms with Crippen LogP contribution in [0.25, 0.3) is 11.0 Å². The summed E-state index contributed by atoms with van der Waals surface area (Å²) < 4.78 is 7.96. The third kappa shape index (κ3) is 4.55. The van der Waals surface area contributed by atoms with E-state index in [0.29, 0.717) is 17.2 Å². The van der Waals surface area contributed by atoms with E-state index < -0.39 is 0 Å². The molecule has 2 heterocycles. The second-order valence-corrected chi connectivity index (χ2v) is 8.47. The molecule has 4 aromatic rings. The van der Waals surface area contributed by atoms with Crippen LogP contribution in [0.15, 0.2) is 66.0 Å². The highest BCUT2D eigenvalue weighted by molar-refractivity contribution is 5.81. The first kappa shape index (κ1) is 20.5. The second-order valence-electron chi connectivity index (χ2n) is 8.47. The highest BCUT2D eigenvalue weighted by Gasteiger charge is 2.15. The molecule has 0 fully saturated rings. The molecule has 7 nitrogen and oxygen atoms in total. The molecule has 0 aliphatic carbocycles. The highest BCUT2D eigenvalue weighted by atomic mass is 16.5. The van der Waals surface area contributed by atoms with E-state index in [0.717, 1.165) is 22.7 Å². The Bertz CT molecular complexity index is 1240. The van der Waals surface area contributed by atoms with E-state index in [1.165, 1.54) is 5.56 Å². The largest absolute Gasteiger partial charge is 0.457 e. The Hall–Kier alpha value is -3.74. The summed E-state index contributed by atoms with van der Waals surface area (Å²) in [5.74, 6) is 2.01. The van der Waals surface area contributed by atoms with Gasteiger partial charge in [-0.3, -0.25) is 4.98 Å². The maximum absolute atomic E-state index is 10.5. The van der Waals surface area contributed by atoms with Gasteiger partial charge in [-0.15, -0.1) is 0 Å². The van der Waals surface area contributed by atoms with E-state index >= 15 is 0 Å². The van der Waals surface area contributed by atoms with Crippen molar-refractivity contribution in [2.75, 3.05) is 5.32 Å². The lowest BCUT2D eigenvalue weighted by molar-refractivity contribution is 0.481. The van der Waals surface area contributed by atoms with Gasteiger partial charge < -0.3 is 14.6 Å². The molecule has 0 spiro atoms. The van der Waals surface area contributed by atoms with Gasteiger partial charge in [0.05, 0.1) is 16.7 Å². The number of anilines is 2. The van der Waals surface area contributed by atoms with Crippen LogP contribution in [0.2, 0.25) is 0 Å². The molecule has 31 heavy (non-hydrogen) atoms. The summed E-state index contributed by atoms with van der Waals surface area (Å²) in [5.41, 5.74) is 4.70. The molecular formula is C24H25N5O2. The number of aromatic nitrogens is 3. The molecule has 0 amide bonds. The first-order valence-electron chi connectivity index (χ1n) is 10.1. The minimum atomic E-state index is 0.0158. The van der Waals surface area contributed by atoms with E-state index in [4.69, 9.17) is 9.72 Å². The molecule has 0 aliphatic rings. The first-order valence-corrected chi connectivity index (χ1v) is 10.1. The summed E-state index contributed by atoms with van der Waals surface area (Å²) in [6.07, 6.45) is 1.60. The molecule has 0 saturated carbocycles. The van der Waals surface area contributed by atoms with Crippen LogP contribution in [-0.4, -0.2) is 14.5 Å². The maximum Gasteiger partial charge on any atom is 0.208 e. The van der Waals surface area contributed by atoms with E-state index in [1.807, 2.05) is 35.9 Å². The van der Waals surface area contributed by atoms with Crippen molar-refractivity contribution in [1.29, 1.82) is 0 Å². The van der Waals surface area contributed by atoms with Crippen molar-refractivity contribution in [3.05, 3.63) is 77.0 Å². The molecule has 2 aromatic carbocycles. The molecule has 4 rings (SSSR count). The van der Waals surface area contributed by atoms with Crippen molar-refractivity contribution < 1.29 is 4.74 Å². The number of fused-ring (bicyclic) bond motifs is 1. The third-order valence-corrected chi connectivity index (χ3v) is 5.09. The summed E-state index contributed by atoms with van der Waals surface area (Å²) in [6, 6.07) is 17.6. The van der Waals surface area contributed by atoms with Crippen molar-refractivity contribution in [3.8, 4) is 11.5 Å². The van der Waals surface area contributed by atoms with Crippen LogP contribution < -0.4 is 10.1 Å². The fourth-order valence-electron chi connectivity index (χ4n) is 3.36. The van der Waals surface area contributed by atoms with Crippen LogP contribution in [0, 0.1) is 4.91 Å². The Morgan fingerprint density at radius 2 is 1.87 bits per heavy atom. The normalized spacial score (nSPS) is 11.5. The lowest BCUT2D eigenvalue weighted by Gasteiger charge is -2.20. The maximum atomic E-state index is 10.5. The lowest BCUT2D eigenvalue weighted by Crippen LogP contribution is -2.11. The predicted molar refractivity (Wildman–Crippen MR) is 123 cm³/mol. The Balaban J connectivity index is 1.59. The molecule has 0 unspecified atom stereocenters. The van der Waals surface area contributed by atoms with Crippen LogP contribution >= 0.6 is 0 Å². The van der Waals surface area contributed by atoms with Crippen molar-refractivity contribution >= 4 is 22.7 Å². The van der Waals surface area contributed by atoms with Crippen LogP contribution in [0.4, 0.5) is 11.6 Å². The quantitative estimate of drug-likeness (QED) is 0.387. The zero-order valence-corrected chi connectivity index (χ0v) is 18.1. The summed E-state index contributed by atoms with van der Waals surface area (Å²) >= 11 is 0. The van der Waals surface area contributed by atoms with E-state index in [9.17, 15) is 4.91 Å². The summed E-state index contributed by atoms with van der Waals surface area (Å²) in [6.45, 7) is 6.61. The minimum absolute atomic E-state index is 0.0158. The average molecular weight is 415 g/mol. The fraction of sp³-hybridized carbons (Fsp3) is 0.250. The van der Waals surface area contributed by atoms with Crippen molar-refractivity contribution in [2.24, 2.45) is 12.2 Å². The Labute approximate surface area is 181 Å². The second kappa shape index (κ2) is 8.18. The first-order chi connectivity index (χ1) is 14.8. The van der Waals surface area contributed by atoms with Gasteiger partial charge in [0.1, 0.15) is 18.0 Å². The smallest absolute Gasteiger partial charge is 0.208 e. The highest BCUT2D eigenvalue weighted by Crippen LogP contribution is 2.29. The molecular weight excluding hydrogens is 390 g/mol. The lowest BCUT2D eigenvalue weighted by atomic mass is 9.87. The molecule has 1 N–H and O–H groups in total. The average Bonchev–Trinajstić information content (AvgIpc) is 3.03. The van der Waals surface area contributed by atoms with Gasteiger partial charge in [-0.25, -0.2) is 4.98 Å². The van der Waals surface area contributed by atoms with Gasteiger partial charge >= 0.3 is 0 Å². The van der Waals surface area contributed by atoms with E-state index in [1.54, 1.807) is 18.3 Å². The molecule has 2 aromatic heterocycles. The number of ether oxygens (including phenoxy) is 1. The van der Waals surface area contributed by atoms with Crippen molar-refractivity contribution in [3.63, 3.8) is 0 Å². The van der Waals surface area contributed by atoms with Gasteiger partial charge in [-0.05, 0) is 41.3 Å². The molecule has 158 valence electrons. The number of hydrogen-bond donors (Lipinski definition) is 1. The van der Waals surface area contributed by atoms with Crippen LogP contribution in [0.3, 0.4) is 0 Å². The molecule has 0 bridgehead atoms. The predicted octanol–water partition coefficient (Wildman–Crippen LogP) is 6.07. The van der Waals surface area contributed by atoms with Gasteiger partial charge in [0.15, 0.2) is 0 Å². The number of imidazole rings is 1. The zero-order chi connectivity index (χ0) is 22.0.